The molecule has 1 aliphatic rings. The highest BCUT2D eigenvalue weighted by molar-refractivity contribution is 6.12. The molecule has 126 valence electrons. The van der Waals surface area contributed by atoms with Crippen LogP contribution >= 0.6 is 0 Å². The number of rotatable bonds is 4. The van der Waals surface area contributed by atoms with Crippen molar-refractivity contribution in [1.82, 2.24) is 4.98 Å². The van der Waals surface area contributed by atoms with Crippen LogP contribution in [0.4, 0.5) is 0 Å². The van der Waals surface area contributed by atoms with Crippen LogP contribution in [-0.2, 0) is 20.7 Å². The van der Waals surface area contributed by atoms with Crippen molar-refractivity contribution in [2.24, 2.45) is 11.8 Å². The first-order valence-corrected chi connectivity index (χ1v) is 7.86. The minimum Gasteiger partial charge on any atom is -0.468 e. The number of Topliss-reactive ketones (excluding diaryl/α,β-unsaturated/α-hetero) is 1. The molecule has 0 saturated heterocycles. The number of ether oxygens (including phenoxy) is 2. The van der Waals surface area contributed by atoms with E-state index in [-0.39, 0.29) is 17.8 Å². The summed E-state index contributed by atoms with van der Waals surface area (Å²) in [5.41, 5.74) is 1.95. The average molecular weight is 321 g/mol. The number of hydrogen-bond acceptors (Lipinski definition) is 5. The maximum absolute atomic E-state index is 12.7. The third kappa shape index (κ3) is 3.02. The number of hydrogen-bond donors (Lipinski definition) is 1. The van der Waals surface area contributed by atoms with Gasteiger partial charge in [0.1, 0.15) is 11.6 Å². The number of aromatic amines is 1. The van der Waals surface area contributed by atoms with E-state index < -0.39 is 17.9 Å². The van der Waals surface area contributed by atoms with E-state index in [1.54, 1.807) is 6.92 Å². The van der Waals surface area contributed by atoms with E-state index in [9.17, 15) is 14.4 Å². The molecule has 3 atom stereocenters. The van der Waals surface area contributed by atoms with E-state index >= 15 is 0 Å². The highest BCUT2D eigenvalue weighted by Crippen LogP contribution is 2.34. The molecule has 0 fully saturated rings. The number of H-pyrrole nitrogens is 1. The predicted octanol–water partition coefficient (Wildman–Crippen LogP) is 2.44. The number of aromatic nitrogens is 1. The number of carbonyl (C=O) groups is 3. The van der Waals surface area contributed by atoms with Gasteiger partial charge in [-0.1, -0.05) is 13.8 Å². The zero-order chi connectivity index (χ0) is 17.3. The number of carbonyl (C=O) groups excluding carboxylic acids is 3. The van der Waals surface area contributed by atoms with Crippen LogP contribution in [0.15, 0.2) is 0 Å². The molecular weight excluding hydrogens is 298 g/mol. The molecule has 23 heavy (non-hydrogen) atoms. The van der Waals surface area contributed by atoms with E-state index in [0.717, 1.165) is 0 Å². The van der Waals surface area contributed by atoms with Gasteiger partial charge in [-0.05, 0) is 38.2 Å². The third-order valence-corrected chi connectivity index (χ3v) is 4.49. The monoisotopic (exact) mass is 321 g/mol. The Hall–Kier alpha value is -2.11. The first kappa shape index (κ1) is 17.2. The van der Waals surface area contributed by atoms with Gasteiger partial charge >= 0.3 is 11.9 Å². The van der Waals surface area contributed by atoms with Gasteiger partial charge in [0, 0.05) is 11.3 Å². The summed E-state index contributed by atoms with van der Waals surface area (Å²) < 4.78 is 10.1. The lowest BCUT2D eigenvalue weighted by molar-refractivity contribution is -0.145. The van der Waals surface area contributed by atoms with Gasteiger partial charge in [0.25, 0.3) is 0 Å². The molecular formula is C17H23NO5. The van der Waals surface area contributed by atoms with Gasteiger partial charge in [-0.2, -0.15) is 0 Å². The van der Waals surface area contributed by atoms with E-state index in [0.29, 0.717) is 35.4 Å². The van der Waals surface area contributed by atoms with Crippen molar-refractivity contribution < 1.29 is 23.9 Å². The van der Waals surface area contributed by atoms with Gasteiger partial charge in [0.15, 0.2) is 5.78 Å². The second-order valence-electron chi connectivity index (χ2n) is 6.15. The summed E-state index contributed by atoms with van der Waals surface area (Å²) in [5.74, 6) is -2.29. The highest BCUT2D eigenvalue weighted by atomic mass is 16.5. The lowest BCUT2D eigenvalue weighted by atomic mass is 9.77. The van der Waals surface area contributed by atoms with Gasteiger partial charge in [-0.15, -0.1) is 0 Å². The molecule has 2 rings (SSSR count). The Balaban J connectivity index is 2.38. The molecule has 0 aliphatic heterocycles. The molecule has 0 spiro atoms. The average Bonchev–Trinajstić information content (AvgIpc) is 2.83. The summed E-state index contributed by atoms with van der Waals surface area (Å²) in [4.78, 5) is 39.9. The Morgan fingerprint density at radius 1 is 1.39 bits per heavy atom. The zero-order valence-corrected chi connectivity index (χ0v) is 14.2. The number of methoxy groups -OCH3 is 1. The van der Waals surface area contributed by atoms with E-state index in [4.69, 9.17) is 9.47 Å². The molecule has 0 saturated carbocycles. The summed E-state index contributed by atoms with van der Waals surface area (Å²) in [7, 11) is 1.27. The topological polar surface area (TPSA) is 85.5 Å². The second kappa shape index (κ2) is 6.56. The highest BCUT2D eigenvalue weighted by Gasteiger charge is 2.41. The normalized spacial score (nSPS) is 21.5. The maximum Gasteiger partial charge on any atom is 0.355 e. The molecule has 6 heteroatoms. The Bertz CT molecular complexity index is 646. The Morgan fingerprint density at radius 2 is 2.04 bits per heavy atom. The first-order valence-electron chi connectivity index (χ1n) is 7.86. The molecule has 0 aromatic carbocycles. The fraction of sp³-hybridized carbons (Fsp3) is 0.588. The molecule has 0 unspecified atom stereocenters. The van der Waals surface area contributed by atoms with E-state index in [1.165, 1.54) is 7.11 Å². The third-order valence-electron chi connectivity index (χ3n) is 4.49. The lowest BCUT2D eigenvalue weighted by Crippen LogP contribution is -2.36. The summed E-state index contributed by atoms with van der Waals surface area (Å²) in [6, 6.07) is 0. The predicted molar refractivity (Wildman–Crippen MR) is 83.4 cm³/mol. The molecule has 1 aliphatic carbocycles. The zero-order valence-electron chi connectivity index (χ0n) is 14.2. The van der Waals surface area contributed by atoms with E-state index in [2.05, 4.69) is 4.98 Å². The van der Waals surface area contributed by atoms with Crippen molar-refractivity contribution in [3.05, 3.63) is 22.5 Å². The fourth-order valence-electron chi connectivity index (χ4n) is 2.99. The van der Waals surface area contributed by atoms with Crippen LogP contribution < -0.4 is 0 Å². The van der Waals surface area contributed by atoms with Gasteiger partial charge < -0.3 is 14.5 Å². The van der Waals surface area contributed by atoms with Crippen LogP contribution in [0.2, 0.25) is 0 Å². The van der Waals surface area contributed by atoms with Crippen LogP contribution in [0.5, 0.6) is 0 Å². The Kier molecular flexibility index (Phi) is 4.92. The molecule has 0 radical (unpaired) electrons. The number of nitrogens with one attached hydrogen (secondary N) is 1. The quantitative estimate of drug-likeness (QED) is 0.680. The second-order valence-corrected chi connectivity index (χ2v) is 6.15. The Morgan fingerprint density at radius 3 is 2.61 bits per heavy atom. The van der Waals surface area contributed by atoms with Crippen molar-refractivity contribution in [3.63, 3.8) is 0 Å². The standard InChI is InChI=1S/C17H23NO5/c1-6-9(3)23-17(21)14-10(4)13-11(18-14)7-8(2)12(15(13)19)16(20)22-5/h8-9,12,18H,6-7H2,1-5H3/t8-,9+,12-/m1/s1. The molecule has 1 aromatic rings. The van der Waals surface area contributed by atoms with Crippen LogP contribution in [0.3, 0.4) is 0 Å². The molecule has 1 heterocycles. The van der Waals surface area contributed by atoms with Crippen LogP contribution in [0.25, 0.3) is 0 Å². The number of fused-ring (bicyclic) bond motifs is 1. The summed E-state index contributed by atoms with van der Waals surface area (Å²) in [6.07, 6.45) is 1.03. The van der Waals surface area contributed by atoms with Crippen LogP contribution in [-0.4, -0.2) is 35.9 Å². The summed E-state index contributed by atoms with van der Waals surface area (Å²) in [6.45, 7) is 7.27. The molecule has 0 bridgehead atoms. The minimum absolute atomic E-state index is 0.182. The van der Waals surface area contributed by atoms with Gasteiger partial charge in [0.05, 0.1) is 13.2 Å². The largest absolute Gasteiger partial charge is 0.468 e. The van der Waals surface area contributed by atoms with Gasteiger partial charge in [-0.3, -0.25) is 9.59 Å². The first-order chi connectivity index (χ1) is 10.8. The molecule has 6 nitrogen and oxygen atoms in total. The fourth-order valence-corrected chi connectivity index (χ4v) is 2.99. The van der Waals surface area contributed by atoms with Crippen molar-refractivity contribution in [3.8, 4) is 0 Å². The lowest BCUT2D eigenvalue weighted by Gasteiger charge is -2.25. The van der Waals surface area contributed by atoms with Crippen LogP contribution in [0.1, 0.15) is 59.3 Å². The molecule has 0 amide bonds. The van der Waals surface area contributed by atoms with Gasteiger partial charge in [0.2, 0.25) is 0 Å². The van der Waals surface area contributed by atoms with E-state index in [1.807, 2.05) is 20.8 Å². The molecule has 1 aromatic heterocycles. The van der Waals surface area contributed by atoms with Crippen molar-refractivity contribution in [2.75, 3.05) is 7.11 Å². The maximum atomic E-state index is 12.7. The number of esters is 2. The van der Waals surface area contributed by atoms with Crippen molar-refractivity contribution >= 4 is 17.7 Å². The van der Waals surface area contributed by atoms with Gasteiger partial charge in [-0.25, -0.2) is 4.79 Å². The number of ketones is 1. The summed E-state index contributed by atoms with van der Waals surface area (Å²) >= 11 is 0. The van der Waals surface area contributed by atoms with Crippen LogP contribution in [0, 0.1) is 18.8 Å². The minimum atomic E-state index is -0.819. The smallest absolute Gasteiger partial charge is 0.355 e. The molecule has 1 N–H and O–H groups in total. The SMILES string of the molecule is CC[C@H](C)OC(=O)c1[nH]c2c(c1C)C(=O)[C@H](C(=O)OC)[C@H](C)C2. The summed E-state index contributed by atoms with van der Waals surface area (Å²) in [5, 5.41) is 0. The Labute approximate surface area is 135 Å². The van der Waals surface area contributed by atoms with Crippen molar-refractivity contribution in [2.45, 2.75) is 46.6 Å². The van der Waals surface area contributed by atoms with Crippen molar-refractivity contribution in [1.29, 1.82) is 0 Å².